The molecule has 2 rings (SSSR count). The third-order valence-corrected chi connectivity index (χ3v) is 4.12. The van der Waals surface area contributed by atoms with Crippen LogP contribution in [-0.2, 0) is 17.6 Å². The SMILES string of the molecule is CCc1ccc(NC(=O)Cc2nc(C(C#N)=C(C)N)cs2)cc1. The summed E-state index contributed by atoms with van der Waals surface area (Å²) in [6.45, 7) is 3.74. The molecule has 0 aliphatic heterocycles. The average Bonchev–Trinajstić information content (AvgIpc) is 2.96. The molecule has 0 aliphatic carbocycles. The van der Waals surface area contributed by atoms with Crippen LogP contribution in [0.15, 0.2) is 35.3 Å². The van der Waals surface area contributed by atoms with Gasteiger partial charge < -0.3 is 11.1 Å². The van der Waals surface area contributed by atoms with E-state index in [2.05, 4.69) is 17.2 Å². The zero-order valence-electron chi connectivity index (χ0n) is 13.1. The first-order chi connectivity index (χ1) is 11.0. The summed E-state index contributed by atoms with van der Waals surface area (Å²) in [7, 11) is 0. The summed E-state index contributed by atoms with van der Waals surface area (Å²) in [5.41, 5.74) is 8.94. The molecule has 0 saturated carbocycles. The van der Waals surface area contributed by atoms with Crippen molar-refractivity contribution in [3.05, 3.63) is 51.6 Å². The Bertz CT molecular complexity index is 765. The van der Waals surface area contributed by atoms with Crippen molar-refractivity contribution < 1.29 is 4.79 Å². The third-order valence-electron chi connectivity index (χ3n) is 3.27. The highest BCUT2D eigenvalue weighted by molar-refractivity contribution is 7.09. The molecule has 5 nitrogen and oxygen atoms in total. The lowest BCUT2D eigenvalue weighted by molar-refractivity contribution is -0.115. The first kappa shape index (κ1) is 16.7. The molecule has 23 heavy (non-hydrogen) atoms. The molecule has 1 heterocycles. The van der Waals surface area contributed by atoms with Gasteiger partial charge in [-0.25, -0.2) is 4.98 Å². The molecule has 2 aromatic rings. The van der Waals surface area contributed by atoms with Gasteiger partial charge >= 0.3 is 0 Å². The quantitative estimate of drug-likeness (QED) is 0.826. The van der Waals surface area contributed by atoms with Crippen LogP contribution in [0.25, 0.3) is 5.57 Å². The molecule has 0 fully saturated rings. The van der Waals surface area contributed by atoms with E-state index in [-0.39, 0.29) is 12.3 Å². The molecule has 1 aromatic heterocycles. The summed E-state index contributed by atoms with van der Waals surface area (Å²) in [5.74, 6) is -0.137. The van der Waals surface area contributed by atoms with Gasteiger partial charge in [0, 0.05) is 16.8 Å². The van der Waals surface area contributed by atoms with Gasteiger partial charge in [-0.1, -0.05) is 19.1 Å². The van der Waals surface area contributed by atoms with Crippen molar-refractivity contribution in [1.29, 1.82) is 5.26 Å². The monoisotopic (exact) mass is 326 g/mol. The van der Waals surface area contributed by atoms with Crippen LogP contribution in [0.4, 0.5) is 5.69 Å². The zero-order valence-corrected chi connectivity index (χ0v) is 13.9. The Morgan fingerprint density at radius 1 is 1.39 bits per heavy atom. The Labute approximate surface area is 139 Å². The number of rotatable bonds is 5. The van der Waals surface area contributed by atoms with E-state index in [9.17, 15) is 4.79 Å². The van der Waals surface area contributed by atoms with Crippen LogP contribution in [-0.4, -0.2) is 10.9 Å². The number of benzene rings is 1. The summed E-state index contributed by atoms with van der Waals surface area (Å²) in [6, 6.07) is 9.79. The smallest absolute Gasteiger partial charge is 0.231 e. The lowest BCUT2D eigenvalue weighted by Crippen LogP contribution is -2.14. The van der Waals surface area contributed by atoms with Crippen LogP contribution in [0, 0.1) is 11.3 Å². The van der Waals surface area contributed by atoms with Gasteiger partial charge in [0.1, 0.15) is 11.1 Å². The summed E-state index contributed by atoms with van der Waals surface area (Å²) < 4.78 is 0. The highest BCUT2D eigenvalue weighted by atomic mass is 32.1. The van der Waals surface area contributed by atoms with E-state index in [0.717, 1.165) is 12.1 Å². The van der Waals surface area contributed by atoms with Crippen molar-refractivity contribution in [2.45, 2.75) is 26.7 Å². The number of carbonyl (C=O) groups excluding carboxylic acids is 1. The Morgan fingerprint density at radius 2 is 2.09 bits per heavy atom. The number of hydrogen-bond acceptors (Lipinski definition) is 5. The Hall–Kier alpha value is -2.65. The van der Waals surface area contributed by atoms with Gasteiger partial charge in [-0.2, -0.15) is 5.26 Å². The molecule has 0 bridgehead atoms. The van der Waals surface area contributed by atoms with Crippen molar-refractivity contribution in [3.8, 4) is 6.07 Å². The molecule has 6 heteroatoms. The van der Waals surface area contributed by atoms with Crippen LogP contribution in [0.1, 0.15) is 30.1 Å². The second-order valence-electron chi connectivity index (χ2n) is 5.07. The normalized spacial score (nSPS) is 11.5. The average molecular weight is 326 g/mol. The van der Waals surface area contributed by atoms with Crippen LogP contribution in [0.2, 0.25) is 0 Å². The summed E-state index contributed by atoms with van der Waals surface area (Å²) in [4.78, 5) is 16.4. The summed E-state index contributed by atoms with van der Waals surface area (Å²) in [5, 5.41) is 14.3. The van der Waals surface area contributed by atoms with E-state index in [1.54, 1.807) is 12.3 Å². The van der Waals surface area contributed by atoms with Crippen molar-refractivity contribution in [3.63, 3.8) is 0 Å². The zero-order chi connectivity index (χ0) is 16.8. The molecule has 3 N–H and O–H groups in total. The topological polar surface area (TPSA) is 91.8 Å². The van der Waals surface area contributed by atoms with Gasteiger partial charge in [-0.15, -0.1) is 11.3 Å². The van der Waals surface area contributed by atoms with Gasteiger partial charge in [0.25, 0.3) is 0 Å². The third kappa shape index (κ3) is 4.41. The van der Waals surface area contributed by atoms with E-state index in [0.29, 0.717) is 22.0 Å². The van der Waals surface area contributed by atoms with Gasteiger partial charge in [0.05, 0.1) is 17.7 Å². The van der Waals surface area contributed by atoms with Crippen LogP contribution >= 0.6 is 11.3 Å². The Balaban J connectivity index is 2.02. The largest absolute Gasteiger partial charge is 0.401 e. The number of amides is 1. The highest BCUT2D eigenvalue weighted by Gasteiger charge is 2.12. The molecular formula is C17H18N4OS. The van der Waals surface area contributed by atoms with Crippen LogP contribution < -0.4 is 11.1 Å². The van der Waals surface area contributed by atoms with E-state index >= 15 is 0 Å². The number of nitrogens with zero attached hydrogens (tertiary/aromatic N) is 2. The summed E-state index contributed by atoms with van der Waals surface area (Å²) >= 11 is 1.34. The molecular weight excluding hydrogens is 308 g/mol. The molecule has 118 valence electrons. The van der Waals surface area contributed by atoms with Crippen molar-refractivity contribution >= 4 is 28.5 Å². The molecule has 0 atom stereocenters. The van der Waals surface area contributed by atoms with E-state index in [1.807, 2.05) is 30.3 Å². The Kier molecular flexibility index (Phi) is 5.50. The fourth-order valence-electron chi connectivity index (χ4n) is 2.02. The number of nitrogens with one attached hydrogen (secondary N) is 1. The molecule has 0 aliphatic rings. The van der Waals surface area contributed by atoms with Gasteiger partial charge in [0.15, 0.2) is 0 Å². The fraction of sp³-hybridized carbons (Fsp3) is 0.235. The number of allylic oxidation sites excluding steroid dienone is 2. The first-order valence-corrected chi connectivity index (χ1v) is 8.11. The van der Waals surface area contributed by atoms with Gasteiger partial charge in [-0.3, -0.25) is 4.79 Å². The highest BCUT2D eigenvalue weighted by Crippen LogP contribution is 2.20. The molecule has 0 radical (unpaired) electrons. The number of thiazole rings is 1. The maximum atomic E-state index is 12.1. The maximum absolute atomic E-state index is 12.1. The van der Waals surface area contributed by atoms with Gasteiger partial charge in [-0.05, 0) is 31.0 Å². The van der Waals surface area contributed by atoms with Crippen LogP contribution in [0.3, 0.4) is 0 Å². The number of hydrogen-bond donors (Lipinski definition) is 2. The minimum Gasteiger partial charge on any atom is -0.401 e. The summed E-state index contributed by atoms with van der Waals surface area (Å²) in [6.07, 6.45) is 1.13. The van der Waals surface area contributed by atoms with Crippen LogP contribution in [0.5, 0.6) is 0 Å². The number of aromatic nitrogens is 1. The number of nitriles is 1. The minimum absolute atomic E-state index is 0.137. The number of carbonyl (C=O) groups is 1. The number of nitrogens with two attached hydrogens (primary N) is 1. The van der Waals surface area contributed by atoms with Crippen molar-refractivity contribution in [1.82, 2.24) is 4.98 Å². The molecule has 0 saturated heterocycles. The number of aryl methyl sites for hydroxylation is 1. The first-order valence-electron chi connectivity index (χ1n) is 7.23. The minimum atomic E-state index is -0.137. The van der Waals surface area contributed by atoms with Gasteiger partial charge in [0.2, 0.25) is 5.91 Å². The lowest BCUT2D eigenvalue weighted by atomic mass is 10.1. The Morgan fingerprint density at radius 3 is 2.65 bits per heavy atom. The molecule has 0 unspecified atom stereocenters. The predicted octanol–water partition coefficient (Wildman–Crippen LogP) is 3.10. The lowest BCUT2D eigenvalue weighted by Gasteiger charge is -2.04. The molecule has 0 spiro atoms. The maximum Gasteiger partial charge on any atom is 0.231 e. The predicted molar refractivity (Wildman–Crippen MR) is 92.7 cm³/mol. The second kappa shape index (κ2) is 7.56. The van der Waals surface area contributed by atoms with E-state index in [1.165, 1.54) is 16.9 Å². The van der Waals surface area contributed by atoms with Crippen molar-refractivity contribution in [2.24, 2.45) is 5.73 Å². The second-order valence-corrected chi connectivity index (χ2v) is 6.01. The molecule has 1 amide bonds. The number of anilines is 1. The standard InChI is InChI=1S/C17H18N4OS/c1-3-12-4-6-13(7-5-12)20-16(22)8-17-21-15(10-23-17)14(9-18)11(2)19/h4-7,10H,3,8,19H2,1-2H3,(H,20,22). The fourth-order valence-corrected chi connectivity index (χ4v) is 2.80. The molecule has 1 aromatic carbocycles. The van der Waals surface area contributed by atoms with E-state index < -0.39 is 0 Å². The van der Waals surface area contributed by atoms with E-state index in [4.69, 9.17) is 11.0 Å². The van der Waals surface area contributed by atoms with Crippen molar-refractivity contribution in [2.75, 3.05) is 5.32 Å².